The molecule has 0 bridgehead atoms. The van der Waals surface area contributed by atoms with E-state index in [2.05, 4.69) is 29.2 Å². The first-order chi connectivity index (χ1) is 8.74. The monoisotopic (exact) mass is 240 g/mol. The van der Waals surface area contributed by atoms with Crippen LogP contribution in [0.5, 0.6) is 5.75 Å². The molecule has 2 aromatic rings. The van der Waals surface area contributed by atoms with E-state index in [1.807, 2.05) is 12.1 Å². The maximum absolute atomic E-state index is 9.89. The first-order valence-electron chi connectivity index (χ1n) is 6.14. The van der Waals surface area contributed by atoms with Crippen molar-refractivity contribution in [2.24, 2.45) is 0 Å². The molecule has 0 atom stereocenters. The van der Waals surface area contributed by atoms with Gasteiger partial charge in [-0.3, -0.25) is 0 Å². The van der Waals surface area contributed by atoms with Gasteiger partial charge in [0.2, 0.25) is 0 Å². The molecule has 1 aliphatic rings. The molecule has 0 radical (unpaired) electrons. The van der Waals surface area contributed by atoms with Gasteiger partial charge in [0, 0.05) is 36.1 Å². The van der Waals surface area contributed by atoms with Gasteiger partial charge in [-0.1, -0.05) is 24.3 Å². The highest BCUT2D eigenvalue weighted by Crippen LogP contribution is 2.31. The Bertz CT molecular complexity index is 580. The fraction of sp³-hybridized carbons (Fsp3) is 0.200. The average molecular weight is 240 g/mol. The van der Waals surface area contributed by atoms with Crippen LogP contribution in [0, 0.1) is 0 Å². The summed E-state index contributed by atoms with van der Waals surface area (Å²) in [6.45, 7) is 1.73. The van der Waals surface area contributed by atoms with E-state index in [4.69, 9.17) is 5.73 Å². The highest BCUT2D eigenvalue weighted by atomic mass is 16.3. The van der Waals surface area contributed by atoms with Crippen LogP contribution in [0.3, 0.4) is 0 Å². The lowest BCUT2D eigenvalue weighted by atomic mass is 10.1. The molecule has 3 N–H and O–H groups in total. The number of aromatic hydroxyl groups is 1. The quantitative estimate of drug-likeness (QED) is 0.793. The van der Waals surface area contributed by atoms with Gasteiger partial charge in [-0.15, -0.1) is 0 Å². The van der Waals surface area contributed by atoms with E-state index in [1.54, 1.807) is 6.07 Å². The molecule has 3 heteroatoms. The van der Waals surface area contributed by atoms with Gasteiger partial charge in [0.25, 0.3) is 0 Å². The number of rotatable bonds is 2. The highest BCUT2D eigenvalue weighted by Gasteiger charge is 2.19. The standard InChI is InChI=1S/C15H16N2O/c16-13-6-5-12(15(18)9-13)10-17-8-7-11-3-1-2-4-14(11)17/h1-6,9,18H,7-8,10,16H2. The second-order valence-corrected chi connectivity index (χ2v) is 4.69. The summed E-state index contributed by atoms with van der Waals surface area (Å²) in [7, 11) is 0. The minimum atomic E-state index is 0.277. The van der Waals surface area contributed by atoms with Crippen molar-refractivity contribution < 1.29 is 5.11 Å². The molecule has 1 heterocycles. The molecule has 3 nitrogen and oxygen atoms in total. The van der Waals surface area contributed by atoms with Crippen LogP contribution < -0.4 is 10.6 Å². The Morgan fingerprint density at radius 2 is 2.00 bits per heavy atom. The Morgan fingerprint density at radius 3 is 2.83 bits per heavy atom. The molecular weight excluding hydrogens is 224 g/mol. The van der Waals surface area contributed by atoms with Crippen molar-refractivity contribution in [1.82, 2.24) is 0 Å². The summed E-state index contributed by atoms with van der Waals surface area (Å²) in [6.07, 6.45) is 1.08. The number of nitrogens with zero attached hydrogens (tertiary/aromatic N) is 1. The van der Waals surface area contributed by atoms with Gasteiger partial charge in [0.05, 0.1) is 0 Å². The zero-order valence-corrected chi connectivity index (χ0v) is 10.1. The molecule has 0 fully saturated rings. The third kappa shape index (κ3) is 1.88. The van der Waals surface area contributed by atoms with Crippen LogP contribution >= 0.6 is 0 Å². The topological polar surface area (TPSA) is 49.5 Å². The van der Waals surface area contributed by atoms with Crippen molar-refractivity contribution in [3.8, 4) is 5.75 Å². The molecule has 0 unspecified atom stereocenters. The number of fused-ring (bicyclic) bond motifs is 1. The smallest absolute Gasteiger partial charge is 0.122 e. The van der Waals surface area contributed by atoms with Gasteiger partial charge in [0.15, 0.2) is 0 Å². The molecule has 1 aliphatic heterocycles. The van der Waals surface area contributed by atoms with Gasteiger partial charge >= 0.3 is 0 Å². The summed E-state index contributed by atoms with van der Waals surface area (Å²) >= 11 is 0. The lowest BCUT2D eigenvalue weighted by molar-refractivity contribution is 0.468. The third-order valence-electron chi connectivity index (χ3n) is 3.45. The van der Waals surface area contributed by atoms with Crippen molar-refractivity contribution in [2.75, 3.05) is 17.2 Å². The van der Waals surface area contributed by atoms with E-state index in [1.165, 1.54) is 11.3 Å². The number of benzene rings is 2. The molecule has 0 saturated carbocycles. The SMILES string of the molecule is Nc1ccc(CN2CCc3ccccc32)c(O)c1. The zero-order chi connectivity index (χ0) is 12.5. The molecular formula is C15H16N2O. The van der Waals surface area contributed by atoms with Gasteiger partial charge in [-0.05, 0) is 24.1 Å². The molecule has 18 heavy (non-hydrogen) atoms. The Labute approximate surface area is 106 Å². The van der Waals surface area contributed by atoms with Crippen molar-refractivity contribution in [1.29, 1.82) is 0 Å². The van der Waals surface area contributed by atoms with Crippen molar-refractivity contribution >= 4 is 11.4 Å². The van der Waals surface area contributed by atoms with Crippen LogP contribution in [0.2, 0.25) is 0 Å². The van der Waals surface area contributed by atoms with E-state index in [-0.39, 0.29) is 5.75 Å². The van der Waals surface area contributed by atoms with Crippen molar-refractivity contribution in [3.63, 3.8) is 0 Å². The minimum Gasteiger partial charge on any atom is -0.508 e. The van der Waals surface area contributed by atoms with Crippen molar-refractivity contribution in [3.05, 3.63) is 53.6 Å². The van der Waals surface area contributed by atoms with E-state index in [0.29, 0.717) is 5.69 Å². The number of nitrogens with two attached hydrogens (primary N) is 1. The Morgan fingerprint density at radius 1 is 1.17 bits per heavy atom. The summed E-state index contributed by atoms with van der Waals surface area (Å²) in [6, 6.07) is 13.8. The van der Waals surface area contributed by atoms with Crippen LogP contribution in [0.1, 0.15) is 11.1 Å². The van der Waals surface area contributed by atoms with E-state index < -0.39 is 0 Å². The molecule has 0 amide bonds. The third-order valence-corrected chi connectivity index (χ3v) is 3.45. The maximum atomic E-state index is 9.89. The summed E-state index contributed by atoms with van der Waals surface area (Å²) in [5.74, 6) is 0.277. The van der Waals surface area contributed by atoms with Crippen molar-refractivity contribution in [2.45, 2.75) is 13.0 Å². The molecule has 92 valence electrons. The van der Waals surface area contributed by atoms with Gasteiger partial charge in [-0.2, -0.15) is 0 Å². The first-order valence-corrected chi connectivity index (χ1v) is 6.14. The average Bonchev–Trinajstić information content (AvgIpc) is 2.76. The number of para-hydroxylation sites is 1. The van der Waals surface area contributed by atoms with Crippen LogP contribution in [-0.4, -0.2) is 11.7 Å². The molecule has 0 spiro atoms. The first kappa shape index (κ1) is 11.0. The summed E-state index contributed by atoms with van der Waals surface area (Å²) in [5, 5.41) is 9.89. The second kappa shape index (κ2) is 4.26. The highest BCUT2D eigenvalue weighted by molar-refractivity contribution is 5.59. The Balaban J connectivity index is 1.86. The zero-order valence-electron chi connectivity index (χ0n) is 10.1. The van der Waals surface area contributed by atoms with Gasteiger partial charge < -0.3 is 15.7 Å². The van der Waals surface area contributed by atoms with E-state index >= 15 is 0 Å². The summed E-state index contributed by atoms with van der Waals surface area (Å²) in [4.78, 5) is 2.29. The normalized spacial score (nSPS) is 13.7. The number of nitrogen functional groups attached to an aromatic ring is 1. The Hall–Kier alpha value is -2.16. The van der Waals surface area contributed by atoms with Gasteiger partial charge in [0.1, 0.15) is 5.75 Å². The van der Waals surface area contributed by atoms with Gasteiger partial charge in [-0.25, -0.2) is 0 Å². The number of hydrogen-bond acceptors (Lipinski definition) is 3. The molecule has 0 aliphatic carbocycles. The van der Waals surface area contributed by atoms with Crippen LogP contribution in [0.25, 0.3) is 0 Å². The number of phenols is 1. The molecule has 2 aromatic carbocycles. The fourth-order valence-corrected chi connectivity index (χ4v) is 2.49. The van der Waals surface area contributed by atoms with Crippen LogP contribution in [-0.2, 0) is 13.0 Å². The number of hydrogen-bond donors (Lipinski definition) is 2. The molecule has 3 rings (SSSR count). The predicted molar refractivity (Wildman–Crippen MR) is 73.7 cm³/mol. The van der Waals surface area contributed by atoms with E-state index in [0.717, 1.165) is 25.1 Å². The molecule has 0 aromatic heterocycles. The second-order valence-electron chi connectivity index (χ2n) is 4.69. The largest absolute Gasteiger partial charge is 0.508 e. The minimum absolute atomic E-state index is 0.277. The summed E-state index contributed by atoms with van der Waals surface area (Å²) < 4.78 is 0. The van der Waals surface area contributed by atoms with Crippen LogP contribution in [0.4, 0.5) is 11.4 Å². The molecule has 0 saturated heterocycles. The summed E-state index contributed by atoms with van der Waals surface area (Å²) in [5.41, 5.74) is 9.81. The lowest BCUT2D eigenvalue weighted by Gasteiger charge is -2.20. The van der Waals surface area contributed by atoms with E-state index in [9.17, 15) is 5.11 Å². The predicted octanol–water partition coefficient (Wildman–Crippen LogP) is 2.54. The Kier molecular flexibility index (Phi) is 2.59. The number of anilines is 2. The lowest BCUT2D eigenvalue weighted by Crippen LogP contribution is -2.19. The fourth-order valence-electron chi connectivity index (χ4n) is 2.49. The number of phenolic OH excluding ortho intramolecular Hbond substituents is 1. The van der Waals surface area contributed by atoms with Crippen LogP contribution in [0.15, 0.2) is 42.5 Å². The maximum Gasteiger partial charge on any atom is 0.122 e.